The summed E-state index contributed by atoms with van der Waals surface area (Å²) in [6, 6.07) is 13.4. The Balaban J connectivity index is 1.44. The van der Waals surface area contributed by atoms with Crippen LogP contribution in [0.2, 0.25) is 0 Å². The van der Waals surface area contributed by atoms with Crippen molar-refractivity contribution in [3.63, 3.8) is 0 Å². The number of nitrogens with one attached hydrogen (secondary N) is 1. The molecule has 1 heterocycles. The number of rotatable bonds is 7. The highest BCUT2D eigenvalue weighted by Gasteiger charge is 2.31. The van der Waals surface area contributed by atoms with Gasteiger partial charge in [0.05, 0.1) is 20.3 Å². The van der Waals surface area contributed by atoms with Crippen molar-refractivity contribution < 1.29 is 19.1 Å². The molecule has 1 saturated heterocycles. The molecule has 0 bridgehead atoms. The second-order valence-electron chi connectivity index (χ2n) is 8.00. The predicted octanol–water partition coefficient (Wildman–Crippen LogP) is 3.97. The zero-order chi connectivity index (χ0) is 21.8. The topological polar surface area (TPSA) is 67.9 Å². The van der Waals surface area contributed by atoms with E-state index < -0.39 is 0 Å². The van der Waals surface area contributed by atoms with Crippen LogP contribution in [0.15, 0.2) is 48.5 Å². The molecule has 2 amide bonds. The number of amides is 2. The lowest BCUT2D eigenvalue weighted by Crippen LogP contribution is -2.29. The van der Waals surface area contributed by atoms with Gasteiger partial charge >= 0.3 is 0 Å². The molecule has 1 saturated carbocycles. The molecule has 1 unspecified atom stereocenters. The van der Waals surface area contributed by atoms with Gasteiger partial charge in [-0.05, 0) is 61.6 Å². The molecule has 0 radical (unpaired) electrons. The second-order valence-corrected chi connectivity index (χ2v) is 8.00. The molecule has 6 heteroatoms. The van der Waals surface area contributed by atoms with Crippen LogP contribution < -0.4 is 14.8 Å². The van der Waals surface area contributed by atoms with Crippen LogP contribution in [0.5, 0.6) is 11.5 Å². The van der Waals surface area contributed by atoms with E-state index in [-0.39, 0.29) is 17.9 Å². The number of carbonyl (C=O) groups excluding carboxylic acids is 2. The summed E-state index contributed by atoms with van der Waals surface area (Å²) >= 11 is 0. The Hall–Kier alpha value is -3.28. The van der Waals surface area contributed by atoms with Crippen LogP contribution >= 0.6 is 0 Å². The molecule has 0 aromatic heterocycles. The summed E-state index contributed by atoms with van der Waals surface area (Å²) in [5.74, 6) is 1.39. The molecule has 2 fully saturated rings. The molecule has 2 aliphatic rings. The highest BCUT2D eigenvalue weighted by Crippen LogP contribution is 2.38. The Labute approximate surface area is 182 Å². The van der Waals surface area contributed by atoms with Gasteiger partial charge in [0, 0.05) is 35.9 Å². The minimum absolute atomic E-state index is 0.0218. The number of hydrogen-bond donors (Lipinski definition) is 1. The fourth-order valence-electron chi connectivity index (χ4n) is 3.95. The molecule has 31 heavy (non-hydrogen) atoms. The molecule has 2 aromatic carbocycles. The van der Waals surface area contributed by atoms with E-state index in [0.717, 1.165) is 48.3 Å². The fourth-order valence-corrected chi connectivity index (χ4v) is 3.95. The monoisotopic (exact) mass is 420 g/mol. The van der Waals surface area contributed by atoms with Crippen molar-refractivity contribution in [2.24, 2.45) is 0 Å². The van der Waals surface area contributed by atoms with E-state index in [0.29, 0.717) is 18.2 Å². The smallest absolute Gasteiger partial charge is 0.251 e. The molecule has 2 aromatic rings. The lowest BCUT2D eigenvalue weighted by atomic mass is 10.0. The largest absolute Gasteiger partial charge is 0.497 e. The number of nitrogens with zero attached hydrogens (tertiary/aromatic N) is 1. The third-order valence-corrected chi connectivity index (χ3v) is 5.84. The molecule has 162 valence electrons. The first kappa shape index (κ1) is 21.0. The van der Waals surface area contributed by atoms with Crippen molar-refractivity contribution in [1.29, 1.82) is 0 Å². The van der Waals surface area contributed by atoms with Gasteiger partial charge in [0.2, 0.25) is 5.91 Å². The Kier molecular flexibility index (Phi) is 6.26. The molecule has 0 spiro atoms. The van der Waals surface area contributed by atoms with Gasteiger partial charge in [-0.25, -0.2) is 0 Å². The van der Waals surface area contributed by atoms with E-state index in [9.17, 15) is 9.59 Å². The molecule has 1 aliphatic carbocycles. The normalized spacial score (nSPS) is 18.3. The lowest BCUT2D eigenvalue weighted by molar-refractivity contribution is -0.126. The third kappa shape index (κ3) is 4.90. The molecular formula is C25H28N2O4. The van der Waals surface area contributed by atoms with Crippen LogP contribution in [0.4, 0.5) is 0 Å². The van der Waals surface area contributed by atoms with Gasteiger partial charge in [0.15, 0.2) is 0 Å². The Morgan fingerprint density at radius 3 is 2.48 bits per heavy atom. The Morgan fingerprint density at radius 1 is 1.03 bits per heavy atom. The van der Waals surface area contributed by atoms with Gasteiger partial charge in [-0.3, -0.25) is 9.59 Å². The van der Waals surface area contributed by atoms with E-state index in [1.165, 1.54) is 0 Å². The van der Waals surface area contributed by atoms with Gasteiger partial charge in [-0.1, -0.05) is 12.1 Å². The molecule has 1 N–H and O–H groups in total. The van der Waals surface area contributed by atoms with Crippen molar-refractivity contribution in [3.05, 3.63) is 65.2 Å². The van der Waals surface area contributed by atoms with E-state index in [4.69, 9.17) is 9.47 Å². The Morgan fingerprint density at radius 2 is 1.81 bits per heavy atom. The standard InChI is InChI=1S/C25H28N2O4/c1-30-20-12-13-21(23(16-20)31-2)22-4-3-15-27(22)24(28)14-7-17-5-8-18(9-6-17)25(29)26-19-10-11-19/h5-9,12-14,16,19,22H,3-4,10-11,15H2,1-2H3,(H,26,29)/b14-7+. The average molecular weight is 421 g/mol. The average Bonchev–Trinajstić information content (AvgIpc) is 3.48. The van der Waals surface area contributed by atoms with Crippen molar-refractivity contribution >= 4 is 17.9 Å². The number of benzene rings is 2. The fraction of sp³-hybridized carbons (Fsp3) is 0.360. The maximum atomic E-state index is 12.9. The van der Waals surface area contributed by atoms with E-state index >= 15 is 0 Å². The molecule has 1 atom stereocenters. The van der Waals surface area contributed by atoms with Crippen LogP contribution in [-0.2, 0) is 4.79 Å². The summed E-state index contributed by atoms with van der Waals surface area (Å²) in [5.41, 5.74) is 2.52. The highest BCUT2D eigenvalue weighted by molar-refractivity contribution is 5.95. The van der Waals surface area contributed by atoms with Crippen LogP contribution in [-0.4, -0.2) is 43.5 Å². The number of likely N-dealkylation sites (tertiary alicyclic amines) is 1. The van der Waals surface area contributed by atoms with E-state index in [1.54, 1.807) is 38.5 Å². The van der Waals surface area contributed by atoms with Crippen molar-refractivity contribution in [2.45, 2.75) is 37.8 Å². The number of hydrogen-bond acceptors (Lipinski definition) is 4. The number of carbonyl (C=O) groups is 2. The van der Waals surface area contributed by atoms with Crippen LogP contribution in [0.25, 0.3) is 6.08 Å². The summed E-state index contributed by atoms with van der Waals surface area (Å²) in [6.45, 7) is 0.712. The van der Waals surface area contributed by atoms with Crippen molar-refractivity contribution in [1.82, 2.24) is 10.2 Å². The Bertz CT molecular complexity index is 980. The van der Waals surface area contributed by atoms with E-state index in [2.05, 4.69) is 5.32 Å². The van der Waals surface area contributed by atoms with Crippen LogP contribution in [0.3, 0.4) is 0 Å². The van der Waals surface area contributed by atoms with Crippen LogP contribution in [0, 0.1) is 0 Å². The minimum atomic E-state index is -0.0394. The zero-order valence-corrected chi connectivity index (χ0v) is 18.0. The summed E-state index contributed by atoms with van der Waals surface area (Å²) in [4.78, 5) is 26.9. The third-order valence-electron chi connectivity index (χ3n) is 5.84. The summed E-state index contributed by atoms with van der Waals surface area (Å²) in [5, 5.41) is 2.98. The van der Waals surface area contributed by atoms with Crippen molar-refractivity contribution in [3.8, 4) is 11.5 Å². The highest BCUT2D eigenvalue weighted by atomic mass is 16.5. The minimum Gasteiger partial charge on any atom is -0.497 e. The SMILES string of the molecule is COc1ccc(C2CCCN2C(=O)/C=C/c2ccc(C(=O)NC3CC3)cc2)c(OC)c1. The summed E-state index contributed by atoms with van der Waals surface area (Å²) in [6.07, 6.45) is 7.37. The first-order valence-corrected chi connectivity index (χ1v) is 10.7. The quantitative estimate of drug-likeness (QED) is 0.688. The second kappa shape index (κ2) is 9.25. The van der Waals surface area contributed by atoms with Gasteiger partial charge in [0.1, 0.15) is 11.5 Å². The molecular weight excluding hydrogens is 392 g/mol. The van der Waals surface area contributed by atoms with E-state index in [1.807, 2.05) is 35.2 Å². The van der Waals surface area contributed by atoms with Gasteiger partial charge in [0.25, 0.3) is 5.91 Å². The number of ether oxygens (including phenoxy) is 2. The van der Waals surface area contributed by atoms with Crippen LogP contribution in [0.1, 0.15) is 53.2 Å². The lowest BCUT2D eigenvalue weighted by Gasteiger charge is -2.25. The molecule has 4 rings (SSSR count). The zero-order valence-electron chi connectivity index (χ0n) is 18.0. The van der Waals surface area contributed by atoms with Gasteiger partial charge in [-0.15, -0.1) is 0 Å². The predicted molar refractivity (Wildman–Crippen MR) is 119 cm³/mol. The molecule has 6 nitrogen and oxygen atoms in total. The summed E-state index contributed by atoms with van der Waals surface area (Å²) < 4.78 is 10.8. The number of methoxy groups -OCH3 is 2. The maximum absolute atomic E-state index is 12.9. The van der Waals surface area contributed by atoms with Gasteiger partial charge in [-0.2, -0.15) is 0 Å². The molecule has 1 aliphatic heterocycles. The maximum Gasteiger partial charge on any atom is 0.251 e. The van der Waals surface area contributed by atoms with Gasteiger partial charge < -0.3 is 19.7 Å². The summed E-state index contributed by atoms with van der Waals surface area (Å²) in [7, 11) is 3.25. The first-order valence-electron chi connectivity index (χ1n) is 10.7. The first-order chi connectivity index (χ1) is 15.1. The van der Waals surface area contributed by atoms with Crippen molar-refractivity contribution in [2.75, 3.05) is 20.8 Å².